The molecule has 3 heteroatoms. The Morgan fingerprint density at radius 2 is 2.05 bits per heavy atom. The molecule has 1 saturated heterocycles. The molecule has 1 aliphatic rings. The third-order valence-corrected chi connectivity index (χ3v) is 5.06. The van der Waals surface area contributed by atoms with E-state index in [1.807, 2.05) is 7.05 Å². The lowest BCUT2D eigenvalue weighted by atomic mass is 9.85. The summed E-state index contributed by atoms with van der Waals surface area (Å²) < 4.78 is 0. The fourth-order valence-corrected chi connectivity index (χ4v) is 3.38. The highest BCUT2D eigenvalue weighted by atomic mass is 15.2. The molecular formula is C16H31N3. The van der Waals surface area contributed by atoms with Crippen molar-refractivity contribution in [2.24, 2.45) is 11.8 Å². The van der Waals surface area contributed by atoms with E-state index in [4.69, 9.17) is 0 Å². The number of hydrogen-bond donors (Lipinski definition) is 1. The molecule has 1 heterocycles. The van der Waals surface area contributed by atoms with Gasteiger partial charge < -0.3 is 10.2 Å². The molecule has 4 atom stereocenters. The van der Waals surface area contributed by atoms with Gasteiger partial charge in [-0.05, 0) is 58.0 Å². The molecule has 0 bridgehead atoms. The molecule has 0 aromatic carbocycles. The van der Waals surface area contributed by atoms with Gasteiger partial charge >= 0.3 is 0 Å². The quantitative estimate of drug-likeness (QED) is 0.802. The minimum Gasteiger partial charge on any atom is -0.302 e. The molecule has 1 N–H and O–H groups in total. The standard InChI is InChI=1S/C16H31N3/c1-6-16(12-17,18-5)8-7-9-19-11-13(2)10-14(3)15(19)4/h13-15,18H,6-11H2,1-5H3. The van der Waals surface area contributed by atoms with Crippen molar-refractivity contribution in [3.8, 4) is 6.07 Å². The molecule has 3 nitrogen and oxygen atoms in total. The molecule has 4 unspecified atom stereocenters. The predicted octanol–water partition coefficient (Wildman–Crippen LogP) is 3.02. The highest BCUT2D eigenvalue weighted by Gasteiger charge is 2.30. The van der Waals surface area contributed by atoms with Crippen LogP contribution >= 0.6 is 0 Å². The van der Waals surface area contributed by atoms with Gasteiger partial charge in [-0.15, -0.1) is 0 Å². The molecule has 1 fully saturated rings. The SMILES string of the molecule is CCC(C#N)(CCCN1CC(C)CC(C)C1C)NC. The maximum Gasteiger partial charge on any atom is 0.106 e. The van der Waals surface area contributed by atoms with E-state index in [9.17, 15) is 5.26 Å². The van der Waals surface area contributed by atoms with Crippen molar-refractivity contribution in [1.82, 2.24) is 10.2 Å². The van der Waals surface area contributed by atoms with Crippen LogP contribution in [-0.2, 0) is 0 Å². The lowest BCUT2D eigenvalue weighted by Gasteiger charge is -2.41. The molecule has 0 spiro atoms. The van der Waals surface area contributed by atoms with E-state index in [2.05, 4.69) is 44.0 Å². The second-order valence-electron chi connectivity index (χ2n) is 6.45. The van der Waals surface area contributed by atoms with Crippen molar-refractivity contribution < 1.29 is 0 Å². The van der Waals surface area contributed by atoms with Gasteiger partial charge in [0, 0.05) is 12.6 Å². The zero-order valence-electron chi connectivity index (χ0n) is 13.4. The number of nitrogens with one attached hydrogen (secondary N) is 1. The number of nitriles is 1. The van der Waals surface area contributed by atoms with Crippen molar-refractivity contribution >= 4 is 0 Å². The van der Waals surface area contributed by atoms with Gasteiger partial charge in [-0.25, -0.2) is 0 Å². The molecule has 0 aromatic heterocycles. The van der Waals surface area contributed by atoms with Gasteiger partial charge in [-0.1, -0.05) is 20.8 Å². The molecule has 0 saturated carbocycles. The minimum absolute atomic E-state index is 0.323. The Balaban J connectivity index is 2.46. The number of hydrogen-bond acceptors (Lipinski definition) is 3. The fourth-order valence-electron chi connectivity index (χ4n) is 3.38. The summed E-state index contributed by atoms with van der Waals surface area (Å²) in [6.45, 7) is 11.5. The van der Waals surface area contributed by atoms with Crippen molar-refractivity contribution in [2.45, 2.75) is 65.0 Å². The summed E-state index contributed by atoms with van der Waals surface area (Å²) in [5.74, 6) is 1.60. The Morgan fingerprint density at radius 3 is 2.58 bits per heavy atom. The molecule has 0 amide bonds. The van der Waals surface area contributed by atoms with Crippen LogP contribution in [0.2, 0.25) is 0 Å². The molecule has 1 aliphatic heterocycles. The van der Waals surface area contributed by atoms with E-state index in [-0.39, 0.29) is 5.54 Å². The summed E-state index contributed by atoms with van der Waals surface area (Å²) in [5, 5.41) is 12.5. The second kappa shape index (κ2) is 7.26. The van der Waals surface area contributed by atoms with E-state index in [1.165, 1.54) is 13.0 Å². The number of nitrogens with zero attached hydrogens (tertiary/aromatic N) is 2. The van der Waals surface area contributed by atoms with Crippen LogP contribution in [0.4, 0.5) is 0 Å². The van der Waals surface area contributed by atoms with E-state index in [0.29, 0.717) is 6.04 Å². The predicted molar refractivity (Wildman–Crippen MR) is 80.9 cm³/mol. The van der Waals surface area contributed by atoms with Gasteiger partial charge in [0.05, 0.1) is 6.07 Å². The molecule has 1 rings (SSSR count). The van der Waals surface area contributed by atoms with Crippen LogP contribution in [0.3, 0.4) is 0 Å². The first-order valence-electron chi connectivity index (χ1n) is 7.82. The van der Waals surface area contributed by atoms with Gasteiger partial charge in [0.15, 0.2) is 0 Å². The van der Waals surface area contributed by atoms with E-state index < -0.39 is 0 Å². The maximum absolute atomic E-state index is 9.32. The summed E-state index contributed by atoms with van der Waals surface area (Å²) in [4.78, 5) is 2.62. The van der Waals surface area contributed by atoms with Crippen LogP contribution in [-0.4, -0.2) is 36.6 Å². The summed E-state index contributed by atoms with van der Waals surface area (Å²) >= 11 is 0. The Morgan fingerprint density at radius 1 is 1.37 bits per heavy atom. The lowest BCUT2D eigenvalue weighted by molar-refractivity contribution is 0.0766. The van der Waals surface area contributed by atoms with E-state index >= 15 is 0 Å². The van der Waals surface area contributed by atoms with E-state index in [1.54, 1.807) is 0 Å². The Labute approximate surface area is 119 Å². The summed E-state index contributed by atoms with van der Waals surface area (Å²) in [7, 11) is 1.90. The first-order chi connectivity index (χ1) is 8.98. The van der Waals surface area contributed by atoms with Crippen LogP contribution < -0.4 is 5.32 Å². The Bertz CT molecular complexity index is 304. The highest BCUT2D eigenvalue weighted by Crippen LogP contribution is 2.27. The van der Waals surface area contributed by atoms with Crippen molar-refractivity contribution in [3.05, 3.63) is 0 Å². The average molecular weight is 265 g/mol. The Hall–Kier alpha value is -0.590. The smallest absolute Gasteiger partial charge is 0.106 e. The molecule has 0 radical (unpaired) electrons. The van der Waals surface area contributed by atoms with Crippen LogP contribution in [0.25, 0.3) is 0 Å². The third kappa shape index (κ3) is 4.19. The largest absolute Gasteiger partial charge is 0.302 e. The maximum atomic E-state index is 9.32. The zero-order valence-corrected chi connectivity index (χ0v) is 13.4. The minimum atomic E-state index is -0.323. The number of piperidine rings is 1. The summed E-state index contributed by atoms with van der Waals surface area (Å²) in [5.41, 5.74) is -0.323. The van der Waals surface area contributed by atoms with Gasteiger partial charge in [-0.3, -0.25) is 0 Å². The second-order valence-corrected chi connectivity index (χ2v) is 6.45. The van der Waals surface area contributed by atoms with Crippen LogP contribution in [0.5, 0.6) is 0 Å². The first kappa shape index (κ1) is 16.5. The monoisotopic (exact) mass is 265 g/mol. The number of rotatable bonds is 6. The summed E-state index contributed by atoms with van der Waals surface area (Å²) in [6, 6.07) is 3.14. The molecule has 0 aliphatic carbocycles. The molecule has 0 aromatic rings. The van der Waals surface area contributed by atoms with Crippen LogP contribution in [0.1, 0.15) is 53.4 Å². The van der Waals surface area contributed by atoms with Crippen LogP contribution in [0, 0.1) is 23.2 Å². The summed E-state index contributed by atoms with van der Waals surface area (Å²) in [6.07, 6.45) is 4.28. The molecule has 19 heavy (non-hydrogen) atoms. The van der Waals surface area contributed by atoms with Gasteiger partial charge in [0.2, 0.25) is 0 Å². The van der Waals surface area contributed by atoms with Gasteiger partial charge in [0.25, 0.3) is 0 Å². The lowest BCUT2D eigenvalue weighted by Crippen LogP contribution is -2.47. The first-order valence-corrected chi connectivity index (χ1v) is 7.82. The fraction of sp³-hybridized carbons (Fsp3) is 0.938. The van der Waals surface area contributed by atoms with E-state index in [0.717, 1.165) is 37.6 Å². The number of likely N-dealkylation sites (tertiary alicyclic amines) is 1. The van der Waals surface area contributed by atoms with Crippen molar-refractivity contribution in [1.29, 1.82) is 5.26 Å². The molecular weight excluding hydrogens is 234 g/mol. The van der Waals surface area contributed by atoms with Crippen molar-refractivity contribution in [3.63, 3.8) is 0 Å². The highest BCUT2D eigenvalue weighted by molar-refractivity contribution is 5.05. The van der Waals surface area contributed by atoms with Gasteiger partial charge in [0.1, 0.15) is 5.54 Å². The third-order valence-electron chi connectivity index (χ3n) is 5.06. The molecule has 110 valence electrons. The topological polar surface area (TPSA) is 39.1 Å². The normalized spacial score (nSPS) is 31.7. The zero-order chi connectivity index (χ0) is 14.5. The van der Waals surface area contributed by atoms with Gasteiger partial charge in [-0.2, -0.15) is 5.26 Å². The van der Waals surface area contributed by atoms with Crippen LogP contribution in [0.15, 0.2) is 0 Å². The Kier molecular flexibility index (Phi) is 6.29. The average Bonchev–Trinajstić information content (AvgIpc) is 2.40. The van der Waals surface area contributed by atoms with Crippen molar-refractivity contribution in [2.75, 3.05) is 20.1 Å².